The number of piperidine rings is 1. The van der Waals surface area contributed by atoms with Crippen molar-refractivity contribution in [2.45, 2.75) is 32.7 Å². The van der Waals surface area contributed by atoms with Crippen molar-refractivity contribution in [3.05, 3.63) is 34.9 Å². The number of benzene rings is 1. The summed E-state index contributed by atoms with van der Waals surface area (Å²) in [6.45, 7) is 3.66. The predicted octanol–water partition coefficient (Wildman–Crippen LogP) is 1.30. The normalized spacial score (nSPS) is 23.0. The van der Waals surface area contributed by atoms with Crippen LogP contribution in [0.15, 0.2) is 18.2 Å². The van der Waals surface area contributed by atoms with E-state index in [2.05, 4.69) is 0 Å². The van der Waals surface area contributed by atoms with Gasteiger partial charge in [0.1, 0.15) is 12.6 Å². The molecule has 2 unspecified atom stereocenters. The minimum atomic E-state index is -1.06. The smallest absolute Gasteiger partial charge is 0.326 e. The molecular weight excluding hydrogens is 324 g/mol. The molecule has 1 saturated heterocycles. The third-order valence-electron chi connectivity index (χ3n) is 4.89. The Morgan fingerprint density at radius 2 is 1.88 bits per heavy atom. The number of likely N-dealkylation sites (tertiary alicyclic amines) is 1. The summed E-state index contributed by atoms with van der Waals surface area (Å²) in [6, 6.07) is 4.04. The van der Waals surface area contributed by atoms with Crippen molar-refractivity contribution >= 4 is 23.7 Å². The van der Waals surface area contributed by atoms with Crippen molar-refractivity contribution in [2.24, 2.45) is 5.92 Å². The summed E-state index contributed by atoms with van der Waals surface area (Å²) >= 11 is 0. The van der Waals surface area contributed by atoms with Crippen LogP contribution in [0.1, 0.15) is 46.0 Å². The van der Waals surface area contributed by atoms with E-state index in [1.54, 1.807) is 18.2 Å². The third kappa shape index (κ3) is 3.01. The lowest BCUT2D eigenvalue weighted by Crippen LogP contribution is -2.53. The molecule has 7 nitrogen and oxygen atoms in total. The molecule has 1 aromatic rings. The highest BCUT2D eigenvalue weighted by Gasteiger charge is 2.40. The van der Waals surface area contributed by atoms with E-state index < -0.39 is 36.3 Å². The maximum absolute atomic E-state index is 12.6. The summed E-state index contributed by atoms with van der Waals surface area (Å²) < 4.78 is 0. The van der Waals surface area contributed by atoms with Gasteiger partial charge in [0.15, 0.2) is 0 Å². The molecule has 0 radical (unpaired) electrons. The monoisotopic (exact) mass is 344 g/mol. The first kappa shape index (κ1) is 17.1. The third-order valence-corrected chi connectivity index (χ3v) is 4.89. The molecule has 2 atom stereocenters. The number of hydrogen-bond acceptors (Lipinski definition) is 4. The molecule has 0 saturated carbocycles. The number of imide groups is 1. The van der Waals surface area contributed by atoms with E-state index in [0.29, 0.717) is 24.9 Å². The minimum absolute atomic E-state index is 0.215. The van der Waals surface area contributed by atoms with E-state index in [9.17, 15) is 24.3 Å². The van der Waals surface area contributed by atoms with E-state index in [1.165, 1.54) is 4.90 Å². The fraction of sp³-hybridized carbons (Fsp3) is 0.444. The van der Waals surface area contributed by atoms with E-state index >= 15 is 0 Å². The summed E-state index contributed by atoms with van der Waals surface area (Å²) in [5.74, 6) is -2.37. The van der Waals surface area contributed by atoms with Crippen LogP contribution < -0.4 is 0 Å². The molecule has 1 aromatic carbocycles. The van der Waals surface area contributed by atoms with Crippen LogP contribution in [-0.4, -0.2) is 57.7 Å². The van der Waals surface area contributed by atoms with Crippen LogP contribution in [0.5, 0.6) is 0 Å². The van der Waals surface area contributed by atoms with Crippen LogP contribution in [0.2, 0.25) is 0 Å². The molecule has 7 heteroatoms. The molecule has 1 fully saturated rings. The molecule has 0 aliphatic carbocycles. The lowest BCUT2D eigenvalue weighted by atomic mass is 9.92. The van der Waals surface area contributed by atoms with Gasteiger partial charge in [0.25, 0.3) is 11.8 Å². The predicted molar refractivity (Wildman–Crippen MR) is 88.1 cm³/mol. The number of carboxylic acids is 1. The SMILES string of the molecule is Cc1ccc2c(c1)C(=O)N(CC(=O)N1CCC(C)CC1C(=O)O)C2=O. The highest BCUT2D eigenvalue weighted by atomic mass is 16.4. The summed E-state index contributed by atoms with van der Waals surface area (Å²) in [5.41, 5.74) is 1.43. The lowest BCUT2D eigenvalue weighted by molar-refractivity contribution is -0.153. The van der Waals surface area contributed by atoms with Gasteiger partial charge in [-0.1, -0.05) is 18.6 Å². The number of amides is 3. The Kier molecular flexibility index (Phi) is 4.32. The second-order valence-electron chi connectivity index (χ2n) is 6.82. The van der Waals surface area contributed by atoms with Crippen molar-refractivity contribution < 1.29 is 24.3 Å². The summed E-state index contributed by atoms with van der Waals surface area (Å²) in [4.78, 5) is 51.1. The van der Waals surface area contributed by atoms with Gasteiger partial charge in [-0.25, -0.2) is 4.79 Å². The van der Waals surface area contributed by atoms with Crippen molar-refractivity contribution in [1.82, 2.24) is 9.80 Å². The van der Waals surface area contributed by atoms with Gasteiger partial charge in [-0.05, 0) is 37.8 Å². The quantitative estimate of drug-likeness (QED) is 0.834. The molecule has 0 spiro atoms. The molecule has 132 valence electrons. The molecule has 1 N–H and O–H groups in total. The topological polar surface area (TPSA) is 95.0 Å². The molecular formula is C18H20N2O5. The van der Waals surface area contributed by atoms with Gasteiger partial charge in [-0.15, -0.1) is 0 Å². The van der Waals surface area contributed by atoms with Gasteiger partial charge in [0, 0.05) is 6.54 Å². The van der Waals surface area contributed by atoms with Gasteiger partial charge < -0.3 is 10.0 Å². The van der Waals surface area contributed by atoms with E-state index in [-0.39, 0.29) is 11.5 Å². The van der Waals surface area contributed by atoms with Gasteiger partial charge in [-0.2, -0.15) is 0 Å². The number of nitrogens with zero attached hydrogens (tertiary/aromatic N) is 2. The second-order valence-corrected chi connectivity index (χ2v) is 6.82. The van der Waals surface area contributed by atoms with Crippen LogP contribution in [0.4, 0.5) is 0 Å². The Balaban J connectivity index is 1.78. The summed E-state index contributed by atoms with van der Waals surface area (Å²) in [7, 11) is 0. The van der Waals surface area contributed by atoms with Gasteiger partial charge >= 0.3 is 5.97 Å². The Morgan fingerprint density at radius 1 is 1.20 bits per heavy atom. The van der Waals surface area contributed by atoms with Crippen molar-refractivity contribution in [1.29, 1.82) is 0 Å². The highest BCUT2D eigenvalue weighted by Crippen LogP contribution is 2.26. The number of aliphatic carboxylic acids is 1. The highest BCUT2D eigenvalue weighted by molar-refractivity contribution is 6.22. The summed E-state index contributed by atoms with van der Waals surface area (Å²) in [5, 5.41) is 9.37. The van der Waals surface area contributed by atoms with Crippen molar-refractivity contribution in [3.8, 4) is 0 Å². The fourth-order valence-corrected chi connectivity index (χ4v) is 3.45. The zero-order chi connectivity index (χ0) is 18.3. The maximum atomic E-state index is 12.6. The first-order chi connectivity index (χ1) is 11.8. The number of rotatable bonds is 3. The first-order valence-corrected chi connectivity index (χ1v) is 8.28. The van der Waals surface area contributed by atoms with Crippen LogP contribution >= 0.6 is 0 Å². The van der Waals surface area contributed by atoms with Gasteiger partial charge in [-0.3, -0.25) is 19.3 Å². The number of carbonyl (C=O) groups excluding carboxylic acids is 3. The fourth-order valence-electron chi connectivity index (χ4n) is 3.45. The number of fused-ring (bicyclic) bond motifs is 1. The van der Waals surface area contributed by atoms with Gasteiger partial charge in [0.2, 0.25) is 5.91 Å². The number of aryl methyl sites for hydroxylation is 1. The minimum Gasteiger partial charge on any atom is -0.480 e. The molecule has 3 amide bonds. The Labute approximate surface area is 145 Å². The van der Waals surface area contributed by atoms with E-state index in [0.717, 1.165) is 10.5 Å². The molecule has 2 aliphatic rings. The van der Waals surface area contributed by atoms with Crippen LogP contribution in [0.25, 0.3) is 0 Å². The van der Waals surface area contributed by atoms with Crippen LogP contribution in [0.3, 0.4) is 0 Å². The zero-order valence-electron chi connectivity index (χ0n) is 14.2. The Morgan fingerprint density at radius 3 is 2.56 bits per heavy atom. The van der Waals surface area contributed by atoms with Crippen LogP contribution in [-0.2, 0) is 9.59 Å². The van der Waals surface area contributed by atoms with E-state index in [4.69, 9.17) is 0 Å². The summed E-state index contributed by atoms with van der Waals surface area (Å²) in [6.07, 6.45) is 1.08. The average Bonchev–Trinajstić information content (AvgIpc) is 2.79. The molecule has 0 aromatic heterocycles. The second kappa shape index (κ2) is 6.31. The molecule has 2 aliphatic heterocycles. The standard InChI is InChI=1S/C18H20N2O5/c1-10-3-4-12-13(7-10)17(23)20(16(12)22)9-15(21)19-6-5-11(2)8-14(19)18(24)25/h3-4,7,11,14H,5-6,8-9H2,1-2H3,(H,24,25). The molecule has 3 rings (SSSR count). The molecule has 2 heterocycles. The zero-order valence-corrected chi connectivity index (χ0v) is 14.2. The lowest BCUT2D eigenvalue weighted by Gasteiger charge is -2.36. The number of hydrogen-bond donors (Lipinski definition) is 1. The van der Waals surface area contributed by atoms with Crippen molar-refractivity contribution in [3.63, 3.8) is 0 Å². The first-order valence-electron chi connectivity index (χ1n) is 8.28. The van der Waals surface area contributed by atoms with Crippen LogP contribution in [0, 0.1) is 12.8 Å². The van der Waals surface area contributed by atoms with Gasteiger partial charge in [0.05, 0.1) is 11.1 Å². The Bertz CT molecular complexity index is 773. The maximum Gasteiger partial charge on any atom is 0.326 e. The molecule has 25 heavy (non-hydrogen) atoms. The number of carbonyl (C=O) groups is 4. The average molecular weight is 344 g/mol. The number of carboxylic acid groups (broad SMARTS) is 1. The van der Waals surface area contributed by atoms with E-state index in [1.807, 2.05) is 13.8 Å². The molecule has 0 bridgehead atoms. The largest absolute Gasteiger partial charge is 0.480 e. The van der Waals surface area contributed by atoms with Crippen molar-refractivity contribution in [2.75, 3.05) is 13.1 Å². The Hall–Kier alpha value is -2.70.